The Morgan fingerprint density at radius 3 is 1.87 bits per heavy atom. The first-order valence-corrected chi connectivity index (χ1v) is 11.7. The van der Waals surface area contributed by atoms with Crippen molar-refractivity contribution in [1.82, 2.24) is 4.90 Å². The van der Waals surface area contributed by atoms with Crippen LogP contribution in [-0.4, -0.2) is 37.2 Å². The van der Waals surface area contributed by atoms with E-state index in [1.54, 1.807) is 7.05 Å². The quantitative estimate of drug-likeness (QED) is 0.214. The first-order valence-electron chi connectivity index (χ1n) is 11.7. The minimum absolute atomic E-state index is 0.0914. The highest BCUT2D eigenvalue weighted by molar-refractivity contribution is 5.77. The molecule has 5 nitrogen and oxygen atoms in total. The van der Waals surface area contributed by atoms with E-state index in [4.69, 9.17) is 9.47 Å². The third-order valence-electron chi connectivity index (χ3n) is 5.14. The minimum atomic E-state index is -0.527. The number of esters is 1. The molecule has 0 aliphatic carbocycles. The van der Waals surface area contributed by atoms with Crippen LogP contribution in [0.3, 0.4) is 0 Å². The second-order valence-corrected chi connectivity index (χ2v) is 8.01. The topological polar surface area (TPSA) is 55.8 Å². The predicted octanol–water partition coefficient (Wildman–Crippen LogP) is 6.50. The van der Waals surface area contributed by atoms with Gasteiger partial charge >= 0.3 is 12.1 Å². The molecule has 0 aromatic heterocycles. The fraction of sp³-hybridized carbons (Fsp3) is 0.680. The molecule has 0 fully saturated rings. The molecule has 0 saturated heterocycles. The van der Waals surface area contributed by atoms with E-state index >= 15 is 0 Å². The van der Waals surface area contributed by atoms with Gasteiger partial charge in [-0.05, 0) is 12.0 Å². The van der Waals surface area contributed by atoms with Crippen molar-refractivity contribution >= 4 is 12.1 Å². The molecule has 1 aromatic rings. The predicted molar refractivity (Wildman–Crippen MR) is 121 cm³/mol. The Morgan fingerprint density at radius 1 is 0.767 bits per heavy atom. The number of nitrogens with zero attached hydrogens (tertiary/aromatic N) is 1. The van der Waals surface area contributed by atoms with Crippen molar-refractivity contribution in [3.63, 3.8) is 0 Å². The molecule has 1 rings (SSSR count). The van der Waals surface area contributed by atoms with Crippen molar-refractivity contribution in [3.05, 3.63) is 35.9 Å². The highest BCUT2D eigenvalue weighted by Crippen LogP contribution is 2.12. The van der Waals surface area contributed by atoms with E-state index in [9.17, 15) is 9.59 Å². The lowest BCUT2D eigenvalue weighted by atomic mass is 10.1. The first kappa shape index (κ1) is 26.0. The zero-order chi connectivity index (χ0) is 21.9. The second kappa shape index (κ2) is 17.8. The molecule has 0 bridgehead atoms. The van der Waals surface area contributed by atoms with Gasteiger partial charge in [-0.3, -0.25) is 4.79 Å². The maximum atomic E-state index is 11.9. The molecular weight excluding hydrogens is 378 g/mol. The Labute approximate surface area is 183 Å². The van der Waals surface area contributed by atoms with Gasteiger partial charge in [0.1, 0.15) is 13.2 Å². The number of benzene rings is 1. The van der Waals surface area contributed by atoms with E-state index in [2.05, 4.69) is 6.92 Å². The molecule has 0 saturated carbocycles. The summed E-state index contributed by atoms with van der Waals surface area (Å²) >= 11 is 0. The van der Waals surface area contributed by atoms with Gasteiger partial charge in [-0.1, -0.05) is 108 Å². The summed E-state index contributed by atoms with van der Waals surface area (Å²) in [5.74, 6) is -0.391. The van der Waals surface area contributed by atoms with Crippen LogP contribution in [0.15, 0.2) is 30.3 Å². The van der Waals surface area contributed by atoms with Crippen LogP contribution >= 0.6 is 0 Å². The van der Waals surface area contributed by atoms with Crippen molar-refractivity contribution in [2.75, 3.05) is 20.2 Å². The minimum Gasteiger partial charge on any atom is -0.464 e. The summed E-state index contributed by atoms with van der Waals surface area (Å²) < 4.78 is 10.4. The number of unbranched alkanes of at least 4 members (excludes halogenated alkanes) is 11. The zero-order valence-electron chi connectivity index (χ0n) is 19.1. The van der Waals surface area contributed by atoms with Crippen LogP contribution in [0.25, 0.3) is 0 Å². The Hall–Kier alpha value is -2.04. The molecule has 0 aliphatic rings. The maximum Gasteiger partial charge on any atom is 0.410 e. The standard InChI is InChI=1S/C25H41NO4/c1-3-4-5-6-7-8-9-10-11-12-13-17-20-29-24(27)21-26(2)25(28)30-22-23-18-15-14-16-19-23/h14-16,18-19H,3-13,17,20-22H2,1-2H3. The number of hydrogen-bond donors (Lipinski definition) is 0. The lowest BCUT2D eigenvalue weighted by Gasteiger charge is -2.16. The highest BCUT2D eigenvalue weighted by atomic mass is 16.6. The SMILES string of the molecule is CCCCCCCCCCCCCCOC(=O)CN(C)C(=O)OCc1ccccc1. The Morgan fingerprint density at radius 2 is 1.30 bits per heavy atom. The molecule has 30 heavy (non-hydrogen) atoms. The highest BCUT2D eigenvalue weighted by Gasteiger charge is 2.15. The number of carbonyl (C=O) groups excluding carboxylic acids is 2. The van der Waals surface area contributed by atoms with Gasteiger partial charge in [0.15, 0.2) is 0 Å². The number of carbonyl (C=O) groups is 2. The fourth-order valence-electron chi connectivity index (χ4n) is 3.26. The fourth-order valence-corrected chi connectivity index (χ4v) is 3.26. The van der Waals surface area contributed by atoms with E-state index in [0.29, 0.717) is 6.61 Å². The molecule has 5 heteroatoms. The largest absolute Gasteiger partial charge is 0.464 e. The molecule has 1 aromatic carbocycles. The molecule has 0 unspecified atom stereocenters. The third-order valence-corrected chi connectivity index (χ3v) is 5.14. The average molecular weight is 420 g/mol. The second-order valence-electron chi connectivity index (χ2n) is 8.01. The third kappa shape index (κ3) is 14.0. The molecule has 170 valence electrons. The van der Waals surface area contributed by atoms with E-state index in [0.717, 1.165) is 18.4 Å². The molecule has 0 aliphatic heterocycles. The van der Waals surface area contributed by atoms with E-state index in [1.165, 1.54) is 69.1 Å². The van der Waals surface area contributed by atoms with Gasteiger partial charge < -0.3 is 14.4 Å². The van der Waals surface area contributed by atoms with Gasteiger partial charge in [-0.2, -0.15) is 0 Å². The molecule has 0 spiro atoms. The van der Waals surface area contributed by atoms with Crippen LogP contribution in [0.2, 0.25) is 0 Å². The van der Waals surface area contributed by atoms with Gasteiger partial charge in [-0.25, -0.2) is 4.79 Å². The molecular formula is C25H41NO4. The molecule has 0 heterocycles. The van der Waals surface area contributed by atoms with Crippen LogP contribution in [-0.2, 0) is 20.9 Å². The van der Waals surface area contributed by atoms with Gasteiger partial charge in [0.25, 0.3) is 0 Å². The van der Waals surface area contributed by atoms with Crippen molar-refractivity contribution in [2.24, 2.45) is 0 Å². The van der Waals surface area contributed by atoms with E-state index in [1.807, 2.05) is 30.3 Å². The summed E-state index contributed by atoms with van der Waals surface area (Å²) in [6.07, 6.45) is 14.7. The maximum absolute atomic E-state index is 11.9. The summed E-state index contributed by atoms with van der Waals surface area (Å²) in [5, 5.41) is 0. The number of ether oxygens (including phenoxy) is 2. The summed E-state index contributed by atoms with van der Waals surface area (Å²) in [4.78, 5) is 25.0. The van der Waals surface area contributed by atoms with Crippen LogP contribution in [0.4, 0.5) is 4.79 Å². The van der Waals surface area contributed by atoms with Crippen molar-refractivity contribution in [2.45, 2.75) is 90.6 Å². The lowest BCUT2D eigenvalue weighted by molar-refractivity contribution is -0.144. The van der Waals surface area contributed by atoms with Crippen molar-refractivity contribution in [1.29, 1.82) is 0 Å². The molecule has 1 amide bonds. The first-order chi connectivity index (χ1) is 14.6. The Kier molecular flexibility index (Phi) is 15.4. The zero-order valence-corrected chi connectivity index (χ0v) is 19.1. The molecule has 0 radical (unpaired) electrons. The van der Waals surface area contributed by atoms with Gasteiger partial charge in [0.05, 0.1) is 6.61 Å². The number of likely N-dealkylation sites (N-methyl/N-ethyl adjacent to an activating group) is 1. The summed E-state index contributed by atoms with van der Waals surface area (Å²) in [6.45, 7) is 2.77. The average Bonchev–Trinajstić information content (AvgIpc) is 2.76. The van der Waals surface area contributed by atoms with Crippen LogP contribution in [0.5, 0.6) is 0 Å². The summed E-state index contributed by atoms with van der Waals surface area (Å²) in [5.41, 5.74) is 0.911. The molecule has 0 atom stereocenters. The van der Waals surface area contributed by atoms with Crippen molar-refractivity contribution < 1.29 is 19.1 Å². The normalized spacial score (nSPS) is 10.6. The lowest BCUT2D eigenvalue weighted by Crippen LogP contribution is -2.33. The van der Waals surface area contributed by atoms with Crippen molar-refractivity contribution in [3.8, 4) is 0 Å². The van der Waals surface area contributed by atoms with E-state index < -0.39 is 12.1 Å². The molecule has 0 N–H and O–H groups in total. The van der Waals surface area contributed by atoms with E-state index in [-0.39, 0.29) is 13.2 Å². The van der Waals surface area contributed by atoms with Crippen LogP contribution in [0, 0.1) is 0 Å². The summed E-state index contributed by atoms with van der Waals surface area (Å²) in [7, 11) is 1.54. The number of rotatable bonds is 17. The summed E-state index contributed by atoms with van der Waals surface area (Å²) in [6, 6.07) is 9.45. The Bertz CT molecular complexity index is 562. The van der Waals surface area contributed by atoms with Gasteiger partial charge in [-0.15, -0.1) is 0 Å². The van der Waals surface area contributed by atoms with Gasteiger partial charge in [0, 0.05) is 7.05 Å². The van der Waals surface area contributed by atoms with Crippen LogP contribution in [0.1, 0.15) is 89.5 Å². The Balaban J connectivity index is 1.93. The van der Waals surface area contributed by atoms with Gasteiger partial charge in [0.2, 0.25) is 0 Å². The monoisotopic (exact) mass is 419 g/mol. The number of hydrogen-bond acceptors (Lipinski definition) is 4. The van der Waals surface area contributed by atoms with Crippen LogP contribution < -0.4 is 0 Å². The number of amides is 1. The smallest absolute Gasteiger partial charge is 0.410 e.